The van der Waals surface area contributed by atoms with E-state index >= 15 is 0 Å². The molecule has 0 heterocycles. The first-order chi connectivity index (χ1) is 5.33. The summed E-state index contributed by atoms with van der Waals surface area (Å²) in [4.78, 5) is 0. The van der Waals surface area contributed by atoms with Gasteiger partial charge in [-0.3, -0.25) is 0 Å². The third-order valence-corrected chi connectivity index (χ3v) is 1.60. The number of phenols is 1. The minimum absolute atomic E-state index is 0.246. The Morgan fingerprint density at radius 2 is 2.27 bits per heavy atom. The molecular weight excluding hydrogens is 255 g/mol. The fourth-order valence-corrected chi connectivity index (χ4v) is 0.950. The van der Waals surface area contributed by atoms with Crippen molar-refractivity contribution in [3.8, 4) is 11.5 Å². The van der Waals surface area contributed by atoms with Gasteiger partial charge in [0.25, 0.3) is 0 Å². The Balaban J connectivity index is 2.56. The fourth-order valence-electron chi connectivity index (χ4n) is 0.730. The van der Waals surface area contributed by atoms with E-state index in [0.717, 1.165) is 10.2 Å². The highest BCUT2D eigenvalue weighted by atomic mass is 127. The third-order valence-electron chi connectivity index (χ3n) is 1.16. The van der Waals surface area contributed by atoms with Gasteiger partial charge in [-0.2, -0.15) is 0 Å². The number of benzene rings is 1. The molecule has 2 nitrogen and oxygen atoms in total. The van der Waals surface area contributed by atoms with Gasteiger partial charge in [0.15, 0.2) is 0 Å². The summed E-state index contributed by atoms with van der Waals surface area (Å²) in [5, 5.41) is 9.03. The normalized spacial score (nSPS) is 9.55. The van der Waals surface area contributed by atoms with Crippen molar-refractivity contribution in [3.63, 3.8) is 0 Å². The van der Waals surface area contributed by atoms with E-state index in [0.29, 0.717) is 6.61 Å². The van der Waals surface area contributed by atoms with E-state index in [9.17, 15) is 0 Å². The Morgan fingerprint density at radius 1 is 1.45 bits per heavy atom. The van der Waals surface area contributed by atoms with Gasteiger partial charge in [0.05, 0.1) is 6.61 Å². The lowest BCUT2D eigenvalue weighted by molar-refractivity contribution is 0.344. The molecule has 0 aliphatic heterocycles. The van der Waals surface area contributed by atoms with Crippen LogP contribution in [0.2, 0.25) is 0 Å². The number of halogens is 1. The molecule has 1 aromatic carbocycles. The van der Waals surface area contributed by atoms with Crippen molar-refractivity contribution in [2.75, 3.05) is 11.0 Å². The lowest BCUT2D eigenvalue weighted by Crippen LogP contribution is -1.96. The first-order valence-electron chi connectivity index (χ1n) is 3.31. The molecular formula is C8H9IO2. The van der Waals surface area contributed by atoms with Crippen LogP contribution in [0.1, 0.15) is 0 Å². The standard InChI is InChI=1S/C8H9IO2/c9-4-5-11-8-3-1-2-7(10)6-8/h1-3,6,10H,4-5H2. The molecule has 11 heavy (non-hydrogen) atoms. The predicted octanol–water partition coefficient (Wildman–Crippen LogP) is 2.21. The smallest absolute Gasteiger partial charge is 0.123 e. The summed E-state index contributed by atoms with van der Waals surface area (Å²) < 4.78 is 6.22. The maximum absolute atomic E-state index is 9.03. The van der Waals surface area contributed by atoms with Gasteiger partial charge in [0.2, 0.25) is 0 Å². The van der Waals surface area contributed by atoms with Gasteiger partial charge < -0.3 is 9.84 Å². The van der Waals surface area contributed by atoms with Crippen molar-refractivity contribution in [3.05, 3.63) is 24.3 Å². The lowest BCUT2D eigenvalue weighted by atomic mass is 10.3. The maximum Gasteiger partial charge on any atom is 0.123 e. The monoisotopic (exact) mass is 264 g/mol. The first-order valence-corrected chi connectivity index (χ1v) is 4.83. The number of hydrogen-bond acceptors (Lipinski definition) is 2. The Labute approximate surface area is 79.3 Å². The summed E-state index contributed by atoms with van der Waals surface area (Å²) in [6.07, 6.45) is 0. The van der Waals surface area contributed by atoms with E-state index < -0.39 is 0 Å². The summed E-state index contributed by atoms with van der Waals surface area (Å²) in [6.45, 7) is 0.685. The van der Waals surface area contributed by atoms with Crippen molar-refractivity contribution in [1.82, 2.24) is 0 Å². The first kappa shape index (κ1) is 8.64. The summed E-state index contributed by atoms with van der Waals surface area (Å²) >= 11 is 2.24. The Morgan fingerprint density at radius 3 is 2.91 bits per heavy atom. The molecule has 0 unspecified atom stereocenters. The van der Waals surface area contributed by atoms with Gasteiger partial charge in [-0.15, -0.1) is 0 Å². The number of ether oxygens (including phenoxy) is 1. The molecule has 1 rings (SSSR count). The topological polar surface area (TPSA) is 29.5 Å². The number of phenolic OH excluding ortho intramolecular Hbond substituents is 1. The van der Waals surface area contributed by atoms with E-state index in [1.54, 1.807) is 18.2 Å². The van der Waals surface area contributed by atoms with E-state index in [-0.39, 0.29) is 5.75 Å². The summed E-state index contributed by atoms with van der Waals surface area (Å²) in [6, 6.07) is 6.81. The van der Waals surface area contributed by atoms with Crippen molar-refractivity contribution in [2.24, 2.45) is 0 Å². The van der Waals surface area contributed by atoms with Crippen LogP contribution in [0.5, 0.6) is 11.5 Å². The van der Waals surface area contributed by atoms with Gasteiger partial charge >= 0.3 is 0 Å². The molecule has 0 aliphatic rings. The van der Waals surface area contributed by atoms with Gasteiger partial charge in [0.1, 0.15) is 11.5 Å². The van der Waals surface area contributed by atoms with Gasteiger partial charge in [-0.1, -0.05) is 28.7 Å². The number of hydrogen-bond donors (Lipinski definition) is 1. The summed E-state index contributed by atoms with van der Waals surface area (Å²) in [5.41, 5.74) is 0. The maximum atomic E-state index is 9.03. The van der Waals surface area contributed by atoms with Gasteiger partial charge in [-0.05, 0) is 12.1 Å². The average molecular weight is 264 g/mol. The largest absolute Gasteiger partial charge is 0.508 e. The van der Waals surface area contributed by atoms with E-state index in [1.807, 2.05) is 6.07 Å². The zero-order valence-corrected chi connectivity index (χ0v) is 8.11. The lowest BCUT2D eigenvalue weighted by Gasteiger charge is -2.02. The van der Waals surface area contributed by atoms with E-state index in [2.05, 4.69) is 22.6 Å². The highest BCUT2D eigenvalue weighted by Gasteiger charge is 1.92. The molecule has 0 amide bonds. The molecule has 1 aromatic rings. The van der Waals surface area contributed by atoms with Crippen molar-refractivity contribution in [1.29, 1.82) is 0 Å². The Hall–Kier alpha value is -0.450. The number of rotatable bonds is 3. The van der Waals surface area contributed by atoms with E-state index in [1.165, 1.54) is 0 Å². The minimum atomic E-state index is 0.246. The van der Waals surface area contributed by atoms with Gasteiger partial charge in [0, 0.05) is 10.5 Å². The minimum Gasteiger partial charge on any atom is -0.508 e. The van der Waals surface area contributed by atoms with Crippen LogP contribution in [0.15, 0.2) is 24.3 Å². The fraction of sp³-hybridized carbons (Fsp3) is 0.250. The molecule has 0 spiro atoms. The zero-order chi connectivity index (χ0) is 8.10. The molecule has 0 aromatic heterocycles. The molecule has 0 atom stereocenters. The summed E-state index contributed by atoms with van der Waals surface area (Å²) in [7, 11) is 0. The molecule has 0 bridgehead atoms. The second-order valence-electron chi connectivity index (χ2n) is 2.03. The van der Waals surface area contributed by atoms with Crippen LogP contribution in [0.25, 0.3) is 0 Å². The number of aromatic hydroxyl groups is 1. The van der Waals surface area contributed by atoms with Crippen LogP contribution >= 0.6 is 22.6 Å². The second kappa shape index (κ2) is 4.43. The van der Waals surface area contributed by atoms with E-state index in [4.69, 9.17) is 9.84 Å². The molecule has 0 saturated heterocycles. The second-order valence-corrected chi connectivity index (χ2v) is 3.11. The van der Waals surface area contributed by atoms with Crippen LogP contribution in [0.4, 0.5) is 0 Å². The van der Waals surface area contributed by atoms with Crippen LogP contribution < -0.4 is 4.74 Å². The van der Waals surface area contributed by atoms with Crippen LogP contribution in [-0.2, 0) is 0 Å². The average Bonchev–Trinajstić information content (AvgIpc) is 2.01. The van der Waals surface area contributed by atoms with Crippen LogP contribution in [0.3, 0.4) is 0 Å². The number of alkyl halides is 1. The molecule has 0 radical (unpaired) electrons. The molecule has 3 heteroatoms. The Bertz CT molecular complexity index is 225. The summed E-state index contributed by atoms with van der Waals surface area (Å²) in [5.74, 6) is 0.970. The van der Waals surface area contributed by atoms with Crippen molar-refractivity contribution in [2.45, 2.75) is 0 Å². The van der Waals surface area contributed by atoms with Crippen LogP contribution in [-0.4, -0.2) is 16.1 Å². The van der Waals surface area contributed by atoms with Gasteiger partial charge in [-0.25, -0.2) is 0 Å². The quantitative estimate of drug-likeness (QED) is 0.670. The molecule has 0 fully saturated rings. The third kappa shape index (κ3) is 2.96. The molecule has 60 valence electrons. The van der Waals surface area contributed by atoms with Crippen molar-refractivity contribution >= 4 is 22.6 Å². The Kier molecular flexibility index (Phi) is 3.48. The molecule has 1 N–H and O–H groups in total. The molecule has 0 saturated carbocycles. The highest BCUT2D eigenvalue weighted by molar-refractivity contribution is 14.1. The SMILES string of the molecule is Oc1cccc(OCCI)c1. The molecule has 0 aliphatic carbocycles. The highest BCUT2D eigenvalue weighted by Crippen LogP contribution is 2.17. The van der Waals surface area contributed by atoms with Crippen molar-refractivity contribution < 1.29 is 9.84 Å². The van der Waals surface area contributed by atoms with Crippen LogP contribution in [0, 0.1) is 0 Å². The zero-order valence-electron chi connectivity index (χ0n) is 5.96. The predicted molar refractivity (Wildman–Crippen MR) is 52.5 cm³/mol.